The molecule has 0 radical (unpaired) electrons. The molecule has 0 bridgehead atoms. The van der Waals surface area contributed by atoms with Crippen LogP contribution in [0.25, 0.3) is 10.9 Å². The molecule has 3 N–H and O–H groups in total. The van der Waals surface area contributed by atoms with Crippen molar-refractivity contribution in [1.82, 2.24) is 24.8 Å². The molecular weight excluding hydrogens is 533 g/mol. The first-order chi connectivity index (χ1) is 20.4. The monoisotopic (exact) mass is 571 g/mol. The number of rotatable bonds is 8. The van der Waals surface area contributed by atoms with Gasteiger partial charge in [-0.2, -0.15) is 4.98 Å². The van der Waals surface area contributed by atoms with Crippen molar-refractivity contribution >= 4 is 45.7 Å². The van der Waals surface area contributed by atoms with Crippen molar-refractivity contribution in [2.75, 3.05) is 67.3 Å². The largest absolute Gasteiger partial charge is 0.396 e. The summed E-state index contributed by atoms with van der Waals surface area (Å²) < 4.78 is 13.4. The van der Waals surface area contributed by atoms with E-state index in [1.807, 2.05) is 18.3 Å². The molecule has 0 amide bonds. The first kappa shape index (κ1) is 28.0. The molecule has 10 nitrogen and oxygen atoms in total. The highest BCUT2D eigenvalue weighted by Crippen LogP contribution is 2.32. The van der Waals surface area contributed by atoms with Crippen LogP contribution in [0, 0.1) is 11.7 Å². The summed E-state index contributed by atoms with van der Waals surface area (Å²) in [4.78, 5) is 25.8. The van der Waals surface area contributed by atoms with Gasteiger partial charge in [-0.05, 0) is 88.2 Å². The van der Waals surface area contributed by atoms with Crippen molar-refractivity contribution in [2.45, 2.75) is 31.7 Å². The van der Waals surface area contributed by atoms with Gasteiger partial charge in [-0.1, -0.05) is 0 Å². The quantitative estimate of drug-likeness (QED) is 0.274. The lowest BCUT2D eigenvalue weighted by Gasteiger charge is -2.36. The van der Waals surface area contributed by atoms with Crippen LogP contribution in [-0.2, 0) is 0 Å². The van der Waals surface area contributed by atoms with E-state index in [0.717, 1.165) is 74.6 Å². The maximum atomic E-state index is 13.4. The predicted molar refractivity (Wildman–Crippen MR) is 165 cm³/mol. The number of aliphatic hydroxyl groups excluding tert-OH is 1. The summed E-state index contributed by atoms with van der Waals surface area (Å²) in [6.45, 7) is 3.83. The fourth-order valence-corrected chi connectivity index (χ4v) is 5.79. The van der Waals surface area contributed by atoms with Crippen molar-refractivity contribution in [3.63, 3.8) is 0 Å². The Kier molecular flexibility index (Phi) is 8.29. The van der Waals surface area contributed by atoms with Gasteiger partial charge >= 0.3 is 0 Å². The predicted octanol–water partition coefficient (Wildman–Crippen LogP) is 4.79. The van der Waals surface area contributed by atoms with E-state index < -0.39 is 0 Å². The van der Waals surface area contributed by atoms with Gasteiger partial charge in [-0.15, -0.1) is 0 Å². The zero-order valence-electron chi connectivity index (χ0n) is 24.2. The number of aromatic nitrogens is 4. The Bertz CT molecular complexity index is 1480. The van der Waals surface area contributed by atoms with Crippen LogP contribution < -0.4 is 20.4 Å². The van der Waals surface area contributed by atoms with Crippen molar-refractivity contribution in [3.05, 3.63) is 60.7 Å². The third-order valence-electron chi connectivity index (χ3n) is 8.40. The van der Waals surface area contributed by atoms with E-state index >= 15 is 0 Å². The second-order valence-corrected chi connectivity index (χ2v) is 11.4. The summed E-state index contributed by atoms with van der Waals surface area (Å²) >= 11 is 0. The van der Waals surface area contributed by atoms with Crippen LogP contribution in [0.15, 0.2) is 54.9 Å². The number of benzene rings is 1. The topological polar surface area (TPSA) is 106 Å². The van der Waals surface area contributed by atoms with E-state index in [9.17, 15) is 9.50 Å². The lowest BCUT2D eigenvalue weighted by Crippen LogP contribution is -2.42. The van der Waals surface area contributed by atoms with Crippen LogP contribution in [0.5, 0.6) is 0 Å². The van der Waals surface area contributed by atoms with Gasteiger partial charge in [0, 0.05) is 49.9 Å². The van der Waals surface area contributed by atoms with Crippen LogP contribution in [0.4, 0.5) is 39.2 Å². The molecule has 220 valence electrons. The average Bonchev–Trinajstić information content (AvgIpc) is 3.02. The minimum atomic E-state index is -0.301. The number of fused-ring (bicyclic) bond motifs is 1. The number of halogens is 1. The molecule has 0 atom stereocenters. The molecule has 2 saturated heterocycles. The summed E-state index contributed by atoms with van der Waals surface area (Å²) in [7, 11) is 4.31. The molecule has 42 heavy (non-hydrogen) atoms. The van der Waals surface area contributed by atoms with Crippen LogP contribution in [0.1, 0.15) is 25.7 Å². The molecular formula is C31H38FN9O. The number of piperidine rings is 2. The van der Waals surface area contributed by atoms with Crippen LogP contribution in [0.2, 0.25) is 0 Å². The highest BCUT2D eigenvalue weighted by Gasteiger charge is 2.23. The number of hydrogen-bond acceptors (Lipinski definition) is 10. The van der Waals surface area contributed by atoms with E-state index in [4.69, 9.17) is 9.97 Å². The number of aliphatic hydroxyl groups is 1. The second-order valence-electron chi connectivity index (χ2n) is 11.4. The standard InChI is InChI=1S/C31H38FN9O/c1-39(2)24-11-15-40(16-12-24)25-7-8-28(33-18-25)37-29-17-26-27(19-34-29)36-31(35-23-5-3-22(32)4-6-23)38-30(26)41-13-9-21(20-42)10-14-41/h3-8,17-19,21,24,42H,9-16,20H2,1-2H3,(H,33,34,37)(H,35,36,38). The number of hydrogen-bond donors (Lipinski definition) is 3. The number of nitrogens with zero attached hydrogens (tertiary/aromatic N) is 7. The lowest BCUT2D eigenvalue weighted by molar-refractivity contribution is 0.203. The molecule has 3 aromatic heterocycles. The number of anilines is 6. The van der Waals surface area contributed by atoms with Crippen molar-refractivity contribution < 1.29 is 9.50 Å². The molecule has 2 fully saturated rings. The maximum absolute atomic E-state index is 13.4. The Balaban J connectivity index is 1.23. The van der Waals surface area contributed by atoms with E-state index in [1.54, 1.807) is 18.3 Å². The average molecular weight is 572 g/mol. The highest BCUT2D eigenvalue weighted by atomic mass is 19.1. The molecule has 1 aromatic carbocycles. The Morgan fingerprint density at radius 1 is 0.857 bits per heavy atom. The SMILES string of the molecule is CN(C)C1CCN(c2ccc(Nc3cc4c(N5CCC(CO)CC5)nc(Nc5ccc(F)cc5)nc4cn3)nc2)CC1. The Labute approximate surface area is 245 Å². The first-order valence-corrected chi connectivity index (χ1v) is 14.7. The third kappa shape index (κ3) is 6.37. The molecule has 11 heteroatoms. The fourth-order valence-electron chi connectivity index (χ4n) is 5.79. The molecule has 0 spiro atoms. The van der Waals surface area contributed by atoms with Gasteiger partial charge in [0.25, 0.3) is 0 Å². The minimum Gasteiger partial charge on any atom is -0.396 e. The zero-order valence-corrected chi connectivity index (χ0v) is 24.2. The van der Waals surface area contributed by atoms with Crippen molar-refractivity contribution in [2.24, 2.45) is 5.92 Å². The molecule has 0 unspecified atom stereocenters. The van der Waals surface area contributed by atoms with Gasteiger partial charge < -0.3 is 30.4 Å². The molecule has 4 aromatic rings. The molecule has 5 heterocycles. The summed E-state index contributed by atoms with van der Waals surface area (Å²) in [5, 5.41) is 17.1. The fraction of sp³-hybridized carbons (Fsp3) is 0.419. The normalized spacial score (nSPS) is 16.8. The number of nitrogens with one attached hydrogen (secondary N) is 2. The molecule has 2 aliphatic rings. The van der Waals surface area contributed by atoms with Crippen LogP contribution >= 0.6 is 0 Å². The molecule has 0 aliphatic carbocycles. The van der Waals surface area contributed by atoms with E-state index in [-0.39, 0.29) is 12.4 Å². The lowest BCUT2D eigenvalue weighted by atomic mass is 9.98. The Hall–Kier alpha value is -4.09. The Morgan fingerprint density at radius 3 is 2.24 bits per heavy atom. The van der Waals surface area contributed by atoms with Gasteiger partial charge in [0.15, 0.2) is 0 Å². The summed E-state index contributed by atoms with van der Waals surface area (Å²) in [6.07, 6.45) is 7.74. The third-order valence-corrected chi connectivity index (χ3v) is 8.40. The van der Waals surface area contributed by atoms with E-state index in [1.165, 1.54) is 12.1 Å². The van der Waals surface area contributed by atoms with E-state index in [0.29, 0.717) is 34.9 Å². The zero-order chi connectivity index (χ0) is 29.1. The molecule has 2 aliphatic heterocycles. The summed E-state index contributed by atoms with van der Waals surface area (Å²) in [5.41, 5.74) is 2.53. The smallest absolute Gasteiger partial charge is 0.229 e. The minimum absolute atomic E-state index is 0.202. The first-order valence-electron chi connectivity index (χ1n) is 14.7. The van der Waals surface area contributed by atoms with Crippen molar-refractivity contribution in [3.8, 4) is 0 Å². The van der Waals surface area contributed by atoms with Gasteiger partial charge in [-0.3, -0.25) is 0 Å². The van der Waals surface area contributed by atoms with Gasteiger partial charge in [0.2, 0.25) is 5.95 Å². The van der Waals surface area contributed by atoms with E-state index in [2.05, 4.69) is 55.5 Å². The maximum Gasteiger partial charge on any atom is 0.229 e. The van der Waals surface area contributed by atoms with Crippen molar-refractivity contribution in [1.29, 1.82) is 0 Å². The molecule has 0 saturated carbocycles. The summed E-state index contributed by atoms with van der Waals surface area (Å²) in [5.74, 6) is 2.60. The number of pyridine rings is 2. The summed E-state index contributed by atoms with van der Waals surface area (Å²) in [6, 6.07) is 12.8. The van der Waals surface area contributed by atoms with Crippen LogP contribution in [-0.4, -0.2) is 82.9 Å². The molecule has 6 rings (SSSR count). The van der Waals surface area contributed by atoms with Gasteiger partial charge in [-0.25, -0.2) is 19.3 Å². The van der Waals surface area contributed by atoms with Gasteiger partial charge in [0.05, 0.1) is 23.6 Å². The van der Waals surface area contributed by atoms with Gasteiger partial charge in [0.1, 0.15) is 23.3 Å². The van der Waals surface area contributed by atoms with Crippen LogP contribution in [0.3, 0.4) is 0 Å². The Morgan fingerprint density at radius 2 is 1.57 bits per heavy atom. The second kappa shape index (κ2) is 12.4. The highest BCUT2D eigenvalue weighted by molar-refractivity contribution is 5.92.